The Morgan fingerprint density at radius 2 is 2.00 bits per heavy atom. The third-order valence-corrected chi connectivity index (χ3v) is 5.44. The number of amides is 2. The number of nitrogens with zero attached hydrogens (tertiary/aromatic N) is 1. The van der Waals surface area contributed by atoms with E-state index in [-0.39, 0.29) is 57.1 Å². The molecule has 2 amide bonds. The minimum atomic E-state index is -1.40. The number of rotatable bonds is 4. The summed E-state index contributed by atoms with van der Waals surface area (Å²) in [7, 11) is 0. The van der Waals surface area contributed by atoms with Crippen LogP contribution >= 0.6 is 11.8 Å². The molecule has 126 valence electrons. The molecule has 1 fully saturated rings. The van der Waals surface area contributed by atoms with Crippen molar-refractivity contribution >= 4 is 29.5 Å². The van der Waals surface area contributed by atoms with Crippen molar-refractivity contribution in [2.24, 2.45) is 0 Å². The van der Waals surface area contributed by atoms with Crippen molar-refractivity contribution in [3.63, 3.8) is 0 Å². The van der Waals surface area contributed by atoms with Gasteiger partial charge in [-0.25, -0.2) is 0 Å². The smallest absolute Gasteiger partial charge is 0.543 e. The molecule has 9 heteroatoms. The van der Waals surface area contributed by atoms with E-state index in [1.165, 1.54) is 11.8 Å². The van der Waals surface area contributed by atoms with Crippen LogP contribution in [-0.4, -0.2) is 45.0 Å². The van der Waals surface area contributed by atoms with Crippen LogP contribution in [0.3, 0.4) is 0 Å². The molecular weight excluding hydrogens is 371 g/mol. The standard InChI is InChI=1S/C16H16N2O5S.K/c1-8-7-24-15-10(14(21)18(15)11(8)16(22)23)17-13(20)12(19)9-5-3-2-4-6-9;/h2-6,10,12,15,19H,7H2,1H3,(H,17,20)(H,22,23);/q;+1/p-1. The van der Waals surface area contributed by atoms with E-state index < -0.39 is 35.3 Å². The first kappa shape index (κ1) is 20.6. The fraction of sp³-hybridized carbons (Fsp3) is 0.312. The van der Waals surface area contributed by atoms with Gasteiger partial charge in [0.1, 0.15) is 11.4 Å². The Bertz CT molecular complexity index is 739. The Kier molecular flexibility index (Phi) is 6.88. The van der Waals surface area contributed by atoms with Crippen LogP contribution in [0, 0.1) is 0 Å². The van der Waals surface area contributed by atoms with Crippen LogP contribution in [0.2, 0.25) is 0 Å². The Morgan fingerprint density at radius 3 is 2.60 bits per heavy atom. The molecular formula is C16H15KN2O5S. The molecule has 0 bridgehead atoms. The van der Waals surface area contributed by atoms with Gasteiger partial charge in [-0.3, -0.25) is 14.5 Å². The molecule has 0 spiro atoms. The Morgan fingerprint density at radius 1 is 1.36 bits per heavy atom. The minimum absolute atomic E-state index is 0. The fourth-order valence-corrected chi connectivity index (χ4v) is 4.07. The summed E-state index contributed by atoms with van der Waals surface area (Å²) in [4.78, 5) is 36.8. The number of hydrogen-bond acceptors (Lipinski definition) is 6. The van der Waals surface area contributed by atoms with Crippen molar-refractivity contribution in [2.45, 2.75) is 24.4 Å². The molecule has 2 N–H and O–H groups in total. The molecule has 0 aliphatic carbocycles. The number of aliphatic hydroxyl groups is 1. The normalized spacial score (nSPS) is 23.1. The number of carboxylic acids is 1. The molecule has 0 aromatic heterocycles. The molecule has 25 heavy (non-hydrogen) atoms. The zero-order chi connectivity index (χ0) is 17.4. The molecule has 1 aromatic rings. The van der Waals surface area contributed by atoms with Gasteiger partial charge < -0.3 is 20.3 Å². The van der Waals surface area contributed by atoms with Gasteiger partial charge in [0.25, 0.3) is 11.8 Å². The van der Waals surface area contributed by atoms with Crippen molar-refractivity contribution < 1.29 is 76.0 Å². The second-order valence-electron chi connectivity index (χ2n) is 5.63. The molecule has 0 radical (unpaired) electrons. The number of carbonyl (C=O) groups excluding carboxylic acids is 3. The molecule has 3 unspecified atom stereocenters. The van der Waals surface area contributed by atoms with Crippen LogP contribution in [0.5, 0.6) is 0 Å². The Labute approximate surface area is 191 Å². The van der Waals surface area contributed by atoms with Gasteiger partial charge in [-0.2, -0.15) is 0 Å². The first-order chi connectivity index (χ1) is 11.4. The average Bonchev–Trinajstić information content (AvgIpc) is 2.59. The zero-order valence-corrected chi connectivity index (χ0v) is 17.7. The van der Waals surface area contributed by atoms with Crippen LogP contribution in [0.25, 0.3) is 0 Å². The van der Waals surface area contributed by atoms with Gasteiger partial charge in [0, 0.05) is 5.75 Å². The molecule has 1 saturated heterocycles. The van der Waals surface area contributed by atoms with Crippen molar-refractivity contribution in [3.8, 4) is 0 Å². The summed E-state index contributed by atoms with van der Waals surface area (Å²) in [6.45, 7) is 1.63. The number of benzene rings is 1. The van der Waals surface area contributed by atoms with E-state index in [2.05, 4.69) is 5.32 Å². The topological polar surface area (TPSA) is 110 Å². The van der Waals surface area contributed by atoms with Gasteiger partial charge in [-0.1, -0.05) is 30.3 Å². The molecule has 7 nitrogen and oxygen atoms in total. The minimum Gasteiger partial charge on any atom is -0.543 e. The van der Waals surface area contributed by atoms with Gasteiger partial charge in [0.15, 0.2) is 6.10 Å². The second-order valence-corrected chi connectivity index (χ2v) is 6.73. The molecule has 0 saturated carbocycles. The first-order valence-electron chi connectivity index (χ1n) is 7.31. The van der Waals surface area contributed by atoms with Gasteiger partial charge >= 0.3 is 51.4 Å². The molecule has 2 heterocycles. The Balaban J connectivity index is 0.00000225. The summed E-state index contributed by atoms with van der Waals surface area (Å²) < 4.78 is 0. The number of nitrogens with one attached hydrogen (secondary N) is 1. The third-order valence-electron chi connectivity index (χ3n) is 4.01. The summed E-state index contributed by atoms with van der Waals surface area (Å²) in [5, 5.41) is 23.3. The van der Waals surface area contributed by atoms with E-state index in [9.17, 15) is 24.6 Å². The molecule has 2 aliphatic rings. The van der Waals surface area contributed by atoms with Gasteiger partial charge in [-0.15, -0.1) is 11.8 Å². The molecule has 1 aromatic carbocycles. The van der Waals surface area contributed by atoms with Crippen LogP contribution in [-0.2, 0) is 14.4 Å². The maximum atomic E-state index is 12.2. The SMILES string of the molecule is CC1=C(C(=O)[O-])N2C(=O)C(NC(=O)C(O)c3ccccc3)C2SC1.[K+]. The van der Waals surface area contributed by atoms with Crippen molar-refractivity contribution in [1.29, 1.82) is 0 Å². The summed E-state index contributed by atoms with van der Waals surface area (Å²) in [6.07, 6.45) is -1.39. The first-order valence-corrected chi connectivity index (χ1v) is 8.36. The number of β-lactam (4-membered cyclic amide) rings is 1. The van der Waals surface area contributed by atoms with Crippen LogP contribution in [0.15, 0.2) is 41.6 Å². The fourth-order valence-electron chi connectivity index (χ4n) is 2.78. The number of aliphatic carboxylic acids is 1. The van der Waals surface area contributed by atoms with Crippen molar-refractivity contribution in [3.05, 3.63) is 47.2 Å². The van der Waals surface area contributed by atoms with Crippen molar-refractivity contribution in [1.82, 2.24) is 10.2 Å². The van der Waals surface area contributed by atoms with E-state index in [0.29, 0.717) is 16.9 Å². The maximum absolute atomic E-state index is 12.2. The number of thioether (sulfide) groups is 1. The predicted octanol–water partition coefficient (Wildman–Crippen LogP) is -3.85. The van der Waals surface area contributed by atoms with E-state index >= 15 is 0 Å². The third kappa shape index (κ3) is 3.87. The molecule has 2 aliphatic heterocycles. The molecule has 3 rings (SSSR count). The van der Waals surface area contributed by atoms with Crippen molar-refractivity contribution in [2.75, 3.05) is 5.75 Å². The summed E-state index contributed by atoms with van der Waals surface area (Å²) in [5.41, 5.74) is 0.845. The average molecular weight is 386 g/mol. The largest absolute Gasteiger partial charge is 1.00 e. The number of fused-ring (bicyclic) bond motifs is 1. The van der Waals surface area contributed by atoms with Crippen LogP contribution < -0.4 is 61.8 Å². The van der Waals surface area contributed by atoms with E-state index in [1.807, 2.05) is 0 Å². The van der Waals surface area contributed by atoms with Crippen LogP contribution in [0.4, 0.5) is 0 Å². The van der Waals surface area contributed by atoms with Crippen LogP contribution in [0.1, 0.15) is 18.6 Å². The summed E-state index contributed by atoms with van der Waals surface area (Å²) in [5.74, 6) is -2.17. The van der Waals surface area contributed by atoms with Gasteiger partial charge in [-0.05, 0) is 18.1 Å². The number of hydrogen-bond donors (Lipinski definition) is 2. The Hall–Kier alpha value is -0.684. The van der Waals surface area contributed by atoms with Gasteiger partial charge in [0.2, 0.25) is 0 Å². The number of carbonyl (C=O) groups is 3. The van der Waals surface area contributed by atoms with E-state index in [4.69, 9.17) is 0 Å². The zero-order valence-electron chi connectivity index (χ0n) is 13.8. The summed E-state index contributed by atoms with van der Waals surface area (Å²) >= 11 is 1.36. The van der Waals surface area contributed by atoms with Gasteiger partial charge in [0.05, 0.1) is 11.7 Å². The monoisotopic (exact) mass is 386 g/mol. The number of aliphatic hydroxyl groups excluding tert-OH is 1. The second kappa shape index (κ2) is 8.34. The maximum Gasteiger partial charge on any atom is 1.00 e. The number of carboxylic acid groups (broad SMARTS) is 1. The quantitative estimate of drug-likeness (QED) is 0.405. The predicted molar refractivity (Wildman–Crippen MR) is 84.1 cm³/mol. The molecule has 3 atom stereocenters. The van der Waals surface area contributed by atoms with E-state index in [1.54, 1.807) is 37.3 Å². The summed E-state index contributed by atoms with van der Waals surface area (Å²) in [6, 6.07) is 7.50. The van der Waals surface area contributed by atoms with E-state index in [0.717, 1.165) is 4.90 Å².